The Morgan fingerprint density at radius 2 is 1.79 bits per heavy atom. The van der Waals surface area contributed by atoms with Crippen molar-refractivity contribution in [1.82, 2.24) is 29.6 Å². The van der Waals surface area contributed by atoms with Crippen LogP contribution < -0.4 is 4.90 Å². The minimum absolute atomic E-state index is 0.0570. The minimum atomic E-state index is 0.0570. The first-order valence-electron chi connectivity index (χ1n) is 10.7. The van der Waals surface area contributed by atoms with Crippen LogP contribution >= 0.6 is 0 Å². The molecule has 2 atom stereocenters. The number of hydrogen-bond acceptors (Lipinski definition) is 6. The van der Waals surface area contributed by atoms with Crippen LogP contribution in [0.15, 0.2) is 12.4 Å². The summed E-state index contributed by atoms with van der Waals surface area (Å²) in [6.07, 6.45) is 5.32. The van der Waals surface area contributed by atoms with Gasteiger partial charge in [-0.2, -0.15) is 0 Å². The smallest absolute Gasteiger partial charge is 0.147 e. The average molecular weight is 382 g/mol. The van der Waals surface area contributed by atoms with Crippen LogP contribution in [0.25, 0.3) is 0 Å². The monoisotopic (exact) mass is 381 g/mol. The fourth-order valence-corrected chi connectivity index (χ4v) is 5.02. The third kappa shape index (κ3) is 3.30. The molecule has 0 bridgehead atoms. The highest BCUT2D eigenvalue weighted by Gasteiger charge is 2.41. The molecule has 0 aromatic carbocycles. The molecule has 2 aromatic heterocycles. The van der Waals surface area contributed by atoms with Gasteiger partial charge in [-0.05, 0) is 24.7 Å². The predicted octanol–water partition coefficient (Wildman–Crippen LogP) is 2.27. The lowest BCUT2D eigenvalue weighted by molar-refractivity contribution is 0.293. The number of rotatable bonds is 3. The average Bonchev–Trinajstić information content (AvgIpc) is 3.35. The number of hydrogen-bond donors (Lipinski definition) is 0. The zero-order valence-electron chi connectivity index (χ0n) is 17.3. The van der Waals surface area contributed by atoms with Crippen LogP contribution in [0.3, 0.4) is 0 Å². The van der Waals surface area contributed by atoms with Crippen molar-refractivity contribution in [2.75, 3.05) is 31.1 Å². The Bertz CT molecular complexity index is 839. The lowest BCUT2D eigenvalue weighted by Gasteiger charge is -2.24. The molecule has 2 aromatic rings. The molecule has 2 fully saturated rings. The molecule has 3 aliphatic rings. The number of anilines is 1. The Hall–Kier alpha value is -2.02. The van der Waals surface area contributed by atoms with Gasteiger partial charge in [0.1, 0.15) is 23.8 Å². The van der Waals surface area contributed by atoms with Gasteiger partial charge in [-0.1, -0.05) is 20.8 Å². The SMILES string of the molecule is CC(C)(C)c1cc(N2CC3CN(Cc4nnc5n4CCCC5)CC3C2)ncn1. The first-order valence-corrected chi connectivity index (χ1v) is 10.7. The van der Waals surface area contributed by atoms with Gasteiger partial charge in [0.2, 0.25) is 0 Å². The summed E-state index contributed by atoms with van der Waals surface area (Å²) >= 11 is 0. The number of nitrogens with zero attached hydrogens (tertiary/aromatic N) is 7. The lowest BCUT2D eigenvalue weighted by Crippen LogP contribution is -2.30. The number of fused-ring (bicyclic) bond motifs is 2. The molecule has 0 spiro atoms. The molecular formula is C21H31N7. The van der Waals surface area contributed by atoms with E-state index in [4.69, 9.17) is 0 Å². The van der Waals surface area contributed by atoms with E-state index in [0.717, 1.165) is 74.9 Å². The number of likely N-dealkylation sites (tertiary alicyclic amines) is 1. The summed E-state index contributed by atoms with van der Waals surface area (Å²) in [5.41, 5.74) is 1.18. The van der Waals surface area contributed by atoms with Crippen molar-refractivity contribution in [3.05, 3.63) is 29.7 Å². The van der Waals surface area contributed by atoms with Crippen molar-refractivity contribution in [3.8, 4) is 0 Å². The summed E-state index contributed by atoms with van der Waals surface area (Å²) in [7, 11) is 0. The van der Waals surface area contributed by atoms with Gasteiger partial charge >= 0.3 is 0 Å². The molecule has 3 aliphatic heterocycles. The summed E-state index contributed by atoms with van der Waals surface area (Å²) in [6.45, 7) is 13.2. The number of aryl methyl sites for hydroxylation is 1. The largest absolute Gasteiger partial charge is 0.356 e. The van der Waals surface area contributed by atoms with Crippen molar-refractivity contribution in [1.29, 1.82) is 0 Å². The van der Waals surface area contributed by atoms with Gasteiger partial charge in [0, 0.05) is 50.6 Å². The van der Waals surface area contributed by atoms with Gasteiger partial charge < -0.3 is 9.47 Å². The van der Waals surface area contributed by atoms with Crippen LogP contribution in [-0.4, -0.2) is 55.8 Å². The number of aromatic nitrogens is 5. The predicted molar refractivity (Wildman–Crippen MR) is 108 cm³/mol. The maximum absolute atomic E-state index is 4.57. The van der Waals surface area contributed by atoms with Crippen molar-refractivity contribution >= 4 is 5.82 Å². The van der Waals surface area contributed by atoms with Crippen LogP contribution in [0.1, 0.15) is 51.0 Å². The highest BCUT2D eigenvalue weighted by molar-refractivity contribution is 5.42. The van der Waals surface area contributed by atoms with E-state index in [1.54, 1.807) is 6.33 Å². The molecule has 5 rings (SSSR count). The highest BCUT2D eigenvalue weighted by atomic mass is 15.3. The minimum Gasteiger partial charge on any atom is -0.356 e. The van der Waals surface area contributed by atoms with E-state index >= 15 is 0 Å². The summed E-state index contributed by atoms with van der Waals surface area (Å²) in [5.74, 6) is 4.88. The maximum Gasteiger partial charge on any atom is 0.147 e. The Morgan fingerprint density at radius 3 is 2.54 bits per heavy atom. The fourth-order valence-electron chi connectivity index (χ4n) is 5.02. The molecule has 0 saturated carbocycles. The third-order valence-electron chi connectivity index (χ3n) is 6.61. The quantitative estimate of drug-likeness (QED) is 0.813. The topological polar surface area (TPSA) is 63.0 Å². The van der Waals surface area contributed by atoms with Crippen LogP contribution in [0.5, 0.6) is 0 Å². The molecule has 0 amide bonds. The van der Waals surface area contributed by atoms with Gasteiger partial charge in [0.25, 0.3) is 0 Å². The Labute approximate surface area is 167 Å². The Balaban J connectivity index is 1.23. The second kappa shape index (κ2) is 6.79. The molecule has 0 aliphatic carbocycles. The van der Waals surface area contributed by atoms with Crippen molar-refractivity contribution < 1.29 is 0 Å². The molecule has 7 nitrogen and oxygen atoms in total. The zero-order chi connectivity index (χ0) is 19.3. The maximum atomic E-state index is 4.57. The Morgan fingerprint density at radius 1 is 1.00 bits per heavy atom. The molecule has 7 heteroatoms. The molecule has 0 radical (unpaired) electrons. The van der Waals surface area contributed by atoms with E-state index in [1.807, 2.05) is 0 Å². The van der Waals surface area contributed by atoms with E-state index in [1.165, 1.54) is 18.7 Å². The summed E-state index contributed by atoms with van der Waals surface area (Å²) < 4.78 is 2.36. The normalized spacial score (nSPS) is 25.2. The van der Waals surface area contributed by atoms with Crippen molar-refractivity contribution in [2.24, 2.45) is 11.8 Å². The second-order valence-electron chi connectivity index (χ2n) is 9.77. The molecule has 28 heavy (non-hydrogen) atoms. The van der Waals surface area contributed by atoms with E-state index in [0.29, 0.717) is 0 Å². The molecule has 150 valence electrons. The third-order valence-corrected chi connectivity index (χ3v) is 6.61. The van der Waals surface area contributed by atoms with Gasteiger partial charge in [-0.3, -0.25) is 4.90 Å². The van der Waals surface area contributed by atoms with Crippen LogP contribution in [0.4, 0.5) is 5.82 Å². The first-order chi connectivity index (χ1) is 13.5. The van der Waals surface area contributed by atoms with Gasteiger partial charge in [0.15, 0.2) is 0 Å². The molecule has 2 unspecified atom stereocenters. The van der Waals surface area contributed by atoms with Crippen LogP contribution in [-0.2, 0) is 24.9 Å². The van der Waals surface area contributed by atoms with Gasteiger partial charge in [-0.15, -0.1) is 10.2 Å². The molecule has 5 heterocycles. The van der Waals surface area contributed by atoms with Gasteiger partial charge in [-0.25, -0.2) is 9.97 Å². The Kier molecular flexibility index (Phi) is 4.38. The highest BCUT2D eigenvalue weighted by Crippen LogP contribution is 2.34. The fraction of sp³-hybridized carbons (Fsp3) is 0.714. The van der Waals surface area contributed by atoms with Crippen LogP contribution in [0, 0.1) is 11.8 Å². The summed E-state index contributed by atoms with van der Waals surface area (Å²) in [6, 6.07) is 2.18. The second-order valence-corrected chi connectivity index (χ2v) is 9.77. The zero-order valence-corrected chi connectivity index (χ0v) is 17.3. The molecule has 0 N–H and O–H groups in total. The molecular weight excluding hydrogens is 350 g/mol. The van der Waals surface area contributed by atoms with Crippen molar-refractivity contribution in [3.63, 3.8) is 0 Å². The van der Waals surface area contributed by atoms with E-state index in [9.17, 15) is 0 Å². The molecule has 2 saturated heterocycles. The van der Waals surface area contributed by atoms with E-state index < -0.39 is 0 Å². The summed E-state index contributed by atoms with van der Waals surface area (Å²) in [5, 5.41) is 8.91. The van der Waals surface area contributed by atoms with Gasteiger partial charge in [0.05, 0.1) is 12.2 Å². The standard InChI is InChI=1S/C21H31N7/c1-21(2,3)17-8-19(23-14-22-17)27-11-15-9-26(10-16(15)12-27)13-20-25-24-18-6-4-5-7-28(18)20/h8,14-16H,4-7,9-13H2,1-3H3. The first kappa shape index (κ1) is 18.0. The van der Waals surface area contributed by atoms with E-state index in [-0.39, 0.29) is 5.41 Å². The van der Waals surface area contributed by atoms with E-state index in [2.05, 4.69) is 61.4 Å². The summed E-state index contributed by atoms with van der Waals surface area (Å²) in [4.78, 5) is 14.1. The van der Waals surface area contributed by atoms with Crippen LogP contribution in [0.2, 0.25) is 0 Å². The lowest BCUT2D eigenvalue weighted by atomic mass is 9.92. The van der Waals surface area contributed by atoms with Crippen molar-refractivity contribution in [2.45, 2.75) is 58.5 Å².